The Morgan fingerprint density at radius 3 is 2.32 bits per heavy atom. The Balaban J connectivity index is 1.43. The second-order valence-electron chi connectivity index (χ2n) is 7.73. The molecule has 0 amide bonds. The third kappa shape index (κ3) is 3.55. The van der Waals surface area contributed by atoms with E-state index in [-0.39, 0.29) is 0 Å². The smallest absolute Gasteiger partial charge is 0.0204 e. The SMILES string of the molecule is c1ccc(C2CC(NC3CCCCC3)CN(C3CC3)C2)cc1. The van der Waals surface area contributed by atoms with Crippen molar-refractivity contribution in [2.24, 2.45) is 0 Å². The molecule has 2 unspecified atom stereocenters. The quantitative estimate of drug-likeness (QED) is 0.906. The molecule has 3 aliphatic rings. The van der Waals surface area contributed by atoms with Crippen LogP contribution in [0.1, 0.15) is 62.8 Å². The molecule has 2 saturated carbocycles. The third-order valence-electron chi connectivity index (χ3n) is 5.89. The van der Waals surface area contributed by atoms with Crippen molar-refractivity contribution in [3.05, 3.63) is 35.9 Å². The van der Waals surface area contributed by atoms with Crippen LogP contribution in [-0.4, -0.2) is 36.1 Å². The molecule has 1 saturated heterocycles. The lowest BCUT2D eigenvalue weighted by Crippen LogP contribution is -2.52. The summed E-state index contributed by atoms with van der Waals surface area (Å²) in [5.74, 6) is 0.719. The van der Waals surface area contributed by atoms with Crippen LogP contribution in [0.5, 0.6) is 0 Å². The van der Waals surface area contributed by atoms with Gasteiger partial charge in [0, 0.05) is 31.2 Å². The predicted octanol–water partition coefficient (Wildman–Crippen LogP) is 3.93. The second-order valence-corrected chi connectivity index (χ2v) is 7.73. The zero-order valence-corrected chi connectivity index (χ0v) is 13.7. The average Bonchev–Trinajstić information content (AvgIpc) is 3.41. The number of piperidine rings is 1. The standard InChI is InChI=1S/C20H30N2/c1-3-7-16(8-4-1)17-13-19(15-22(14-17)20-11-12-20)21-18-9-5-2-6-10-18/h1,3-4,7-8,17-21H,2,5-6,9-15H2. The first-order chi connectivity index (χ1) is 10.9. The number of nitrogens with one attached hydrogen (secondary N) is 1. The molecule has 2 atom stereocenters. The molecule has 1 aliphatic heterocycles. The van der Waals surface area contributed by atoms with E-state index in [4.69, 9.17) is 0 Å². The third-order valence-corrected chi connectivity index (χ3v) is 5.89. The molecule has 0 radical (unpaired) electrons. The summed E-state index contributed by atoms with van der Waals surface area (Å²) >= 11 is 0. The number of nitrogens with zero attached hydrogens (tertiary/aromatic N) is 1. The van der Waals surface area contributed by atoms with Gasteiger partial charge >= 0.3 is 0 Å². The van der Waals surface area contributed by atoms with E-state index in [0.717, 1.165) is 18.0 Å². The van der Waals surface area contributed by atoms with Gasteiger partial charge in [-0.1, -0.05) is 49.6 Å². The first-order valence-electron chi connectivity index (χ1n) is 9.43. The molecule has 0 bridgehead atoms. The van der Waals surface area contributed by atoms with Crippen molar-refractivity contribution >= 4 is 0 Å². The van der Waals surface area contributed by atoms with Crippen LogP contribution >= 0.6 is 0 Å². The topological polar surface area (TPSA) is 15.3 Å². The molecular formula is C20H30N2. The molecule has 4 rings (SSSR count). The molecule has 1 N–H and O–H groups in total. The fraction of sp³-hybridized carbons (Fsp3) is 0.700. The molecule has 1 aromatic carbocycles. The van der Waals surface area contributed by atoms with E-state index in [1.807, 2.05) is 0 Å². The summed E-state index contributed by atoms with van der Waals surface area (Å²) in [5, 5.41) is 4.03. The first-order valence-corrected chi connectivity index (χ1v) is 9.43. The molecular weight excluding hydrogens is 268 g/mol. The summed E-state index contributed by atoms with van der Waals surface area (Å²) in [4.78, 5) is 2.78. The first kappa shape index (κ1) is 14.7. The van der Waals surface area contributed by atoms with E-state index in [0.29, 0.717) is 6.04 Å². The van der Waals surface area contributed by atoms with Crippen LogP contribution in [0.25, 0.3) is 0 Å². The van der Waals surface area contributed by atoms with Crippen LogP contribution in [0.4, 0.5) is 0 Å². The molecule has 2 aliphatic carbocycles. The van der Waals surface area contributed by atoms with E-state index in [2.05, 4.69) is 40.5 Å². The van der Waals surface area contributed by atoms with E-state index < -0.39 is 0 Å². The maximum Gasteiger partial charge on any atom is 0.0204 e. The average molecular weight is 298 g/mol. The van der Waals surface area contributed by atoms with Crippen molar-refractivity contribution in [1.29, 1.82) is 0 Å². The van der Waals surface area contributed by atoms with Crippen LogP contribution in [0.15, 0.2) is 30.3 Å². The number of hydrogen-bond acceptors (Lipinski definition) is 2. The zero-order valence-electron chi connectivity index (χ0n) is 13.7. The summed E-state index contributed by atoms with van der Waals surface area (Å²) < 4.78 is 0. The number of hydrogen-bond donors (Lipinski definition) is 1. The lowest BCUT2D eigenvalue weighted by molar-refractivity contribution is 0.151. The molecule has 120 valence electrons. The Hall–Kier alpha value is -0.860. The Morgan fingerprint density at radius 2 is 1.59 bits per heavy atom. The largest absolute Gasteiger partial charge is 0.310 e. The van der Waals surface area contributed by atoms with Crippen molar-refractivity contribution in [3.63, 3.8) is 0 Å². The highest BCUT2D eigenvalue weighted by Gasteiger charge is 2.37. The highest BCUT2D eigenvalue weighted by molar-refractivity contribution is 5.21. The highest BCUT2D eigenvalue weighted by atomic mass is 15.2. The van der Waals surface area contributed by atoms with Crippen LogP contribution in [0.3, 0.4) is 0 Å². The minimum Gasteiger partial charge on any atom is -0.310 e. The van der Waals surface area contributed by atoms with Gasteiger partial charge in [-0.3, -0.25) is 4.90 Å². The van der Waals surface area contributed by atoms with Crippen LogP contribution in [0, 0.1) is 0 Å². The molecule has 2 nitrogen and oxygen atoms in total. The molecule has 1 heterocycles. The van der Waals surface area contributed by atoms with Gasteiger partial charge in [0.15, 0.2) is 0 Å². The number of rotatable bonds is 4. The fourth-order valence-corrected chi connectivity index (χ4v) is 4.56. The molecule has 2 heteroatoms. The van der Waals surface area contributed by atoms with Gasteiger partial charge in [0.1, 0.15) is 0 Å². The van der Waals surface area contributed by atoms with Gasteiger partial charge in [0.2, 0.25) is 0 Å². The molecule has 22 heavy (non-hydrogen) atoms. The maximum atomic E-state index is 4.03. The van der Waals surface area contributed by atoms with Gasteiger partial charge in [-0.05, 0) is 43.6 Å². The molecule has 0 spiro atoms. The van der Waals surface area contributed by atoms with Gasteiger partial charge in [-0.15, -0.1) is 0 Å². The Labute approximate surface area is 135 Å². The summed E-state index contributed by atoms with van der Waals surface area (Å²) in [6.07, 6.45) is 11.3. The predicted molar refractivity (Wildman–Crippen MR) is 92.2 cm³/mol. The van der Waals surface area contributed by atoms with Crippen molar-refractivity contribution in [1.82, 2.24) is 10.2 Å². The lowest BCUT2D eigenvalue weighted by atomic mass is 9.86. The van der Waals surface area contributed by atoms with E-state index in [9.17, 15) is 0 Å². The summed E-state index contributed by atoms with van der Waals surface area (Å²) in [5.41, 5.74) is 1.54. The van der Waals surface area contributed by atoms with Gasteiger partial charge in [0.25, 0.3) is 0 Å². The Morgan fingerprint density at radius 1 is 0.818 bits per heavy atom. The fourth-order valence-electron chi connectivity index (χ4n) is 4.56. The minimum absolute atomic E-state index is 0.697. The van der Waals surface area contributed by atoms with Crippen LogP contribution in [-0.2, 0) is 0 Å². The van der Waals surface area contributed by atoms with Crippen molar-refractivity contribution in [2.45, 2.75) is 75.4 Å². The molecule has 3 fully saturated rings. The van der Waals surface area contributed by atoms with Gasteiger partial charge < -0.3 is 5.32 Å². The second kappa shape index (κ2) is 6.72. The van der Waals surface area contributed by atoms with Gasteiger partial charge in [-0.2, -0.15) is 0 Å². The molecule has 0 aromatic heterocycles. The minimum atomic E-state index is 0.697. The number of likely N-dealkylation sites (tertiary alicyclic amines) is 1. The van der Waals surface area contributed by atoms with Crippen molar-refractivity contribution in [2.75, 3.05) is 13.1 Å². The number of benzene rings is 1. The van der Waals surface area contributed by atoms with Crippen molar-refractivity contribution < 1.29 is 0 Å². The lowest BCUT2D eigenvalue weighted by Gasteiger charge is -2.40. The monoisotopic (exact) mass is 298 g/mol. The van der Waals surface area contributed by atoms with E-state index in [1.165, 1.54) is 64.5 Å². The van der Waals surface area contributed by atoms with Crippen molar-refractivity contribution in [3.8, 4) is 0 Å². The molecule has 1 aromatic rings. The Bertz CT molecular complexity index is 462. The zero-order chi connectivity index (χ0) is 14.8. The van der Waals surface area contributed by atoms with E-state index >= 15 is 0 Å². The Kier molecular flexibility index (Phi) is 4.49. The van der Waals surface area contributed by atoms with Crippen LogP contribution < -0.4 is 5.32 Å². The highest BCUT2D eigenvalue weighted by Crippen LogP contribution is 2.35. The van der Waals surface area contributed by atoms with E-state index in [1.54, 1.807) is 5.56 Å². The summed E-state index contributed by atoms with van der Waals surface area (Å²) in [6.45, 7) is 2.56. The van der Waals surface area contributed by atoms with Crippen LogP contribution in [0.2, 0.25) is 0 Å². The summed E-state index contributed by atoms with van der Waals surface area (Å²) in [6, 6.07) is 13.6. The summed E-state index contributed by atoms with van der Waals surface area (Å²) in [7, 11) is 0. The van der Waals surface area contributed by atoms with Gasteiger partial charge in [-0.25, -0.2) is 0 Å². The normalized spacial score (nSPS) is 31.3. The maximum absolute atomic E-state index is 4.03. The van der Waals surface area contributed by atoms with Gasteiger partial charge in [0.05, 0.1) is 0 Å².